The zero-order valence-corrected chi connectivity index (χ0v) is 13.6. The maximum absolute atomic E-state index is 13.0. The second-order valence-electron chi connectivity index (χ2n) is 5.62. The molecule has 0 saturated heterocycles. The van der Waals surface area contributed by atoms with Crippen LogP contribution in [0.1, 0.15) is 42.5 Å². The second kappa shape index (κ2) is 6.80. The summed E-state index contributed by atoms with van der Waals surface area (Å²) < 4.78 is 1.18. The quantitative estimate of drug-likeness (QED) is 0.732. The fraction of sp³-hybridized carbons (Fsp3) is 0.471. The number of nitrogens with zero attached hydrogens (tertiary/aromatic N) is 1. The standard InChI is InChI=1S/C17H20ClNOS/c18-10-11-19(13-6-2-1-3-7-13)17(20)15-12-21-16-9-5-4-8-14(15)16/h4-5,8-9,12-13H,1-3,6-7,10-11H2. The number of thiophene rings is 1. The Labute approximate surface area is 134 Å². The number of halogens is 1. The van der Waals surface area contributed by atoms with Crippen LogP contribution in [0.3, 0.4) is 0 Å². The first-order valence-electron chi connectivity index (χ1n) is 7.64. The Hall–Kier alpha value is -1.06. The molecule has 0 N–H and O–H groups in total. The number of rotatable bonds is 4. The van der Waals surface area contributed by atoms with Gasteiger partial charge in [0, 0.05) is 33.9 Å². The number of carbonyl (C=O) groups is 1. The molecule has 4 heteroatoms. The van der Waals surface area contributed by atoms with E-state index in [2.05, 4.69) is 6.07 Å². The fourth-order valence-corrected chi connectivity index (χ4v) is 4.35. The SMILES string of the molecule is O=C(c1csc2ccccc12)N(CCCl)C1CCCCC1. The minimum absolute atomic E-state index is 0.153. The van der Waals surface area contributed by atoms with Gasteiger partial charge in [-0.3, -0.25) is 4.79 Å². The van der Waals surface area contributed by atoms with Crippen LogP contribution in [0.15, 0.2) is 29.6 Å². The normalized spacial score (nSPS) is 16.2. The van der Waals surface area contributed by atoms with Crippen LogP contribution in [-0.2, 0) is 0 Å². The third kappa shape index (κ3) is 3.09. The Bertz CT molecular complexity index is 618. The summed E-state index contributed by atoms with van der Waals surface area (Å²) in [6.45, 7) is 0.648. The topological polar surface area (TPSA) is 20.3 Å². The van der Waals surface area contributed by atoms with Gasteiger partial charge < -0.3 is 4.90 Å². The number of hydrogen-bond donors (Lipinski definition) is 0. The predicted octanol–water partition coefficient (Wildman–Crippen LogP) is 4.92. The molecule has 1 fully saturated rings. The van der Waals surface area contributed by atoms with Crippen molar-refractivity contribution in [2.75, 3.05) is 12.4 Å². The Morgan fingerprint density at radius 2 is 2.00 bits per heavy atom. The lowest BCUT2D eigenvalue weighted by atomic mass is 9.93. The molecule has 1 aliphatic carbocycles. The smallest absolute Gasteiger partial charge is 0.255 e. The van der Waals surface area contributed by atoms with Crippen LogP contribution in [0.25, 0.3) is 10.1 Å². The lowest BCUT2D eigenvalue weighted by Crippen LogP contribution is -2.42. The van der Waals surface area contributed by atoms with Crippen LogP contribution in [-0.4, -0.2) is 29.3 Å². The van der Waals surface area contributed by atoms with Crippen LogP contribution < -0.4 is 0 Å². The number of hydrogen-bond acceptors (Lipinski definition) is 2. The summed E-state index contributed by atoms with van der Waals surface area (Å²) in [5, 5.41) is 3.07. The Morgan fingerprint density at radius 1 is 1.24 bits per heavy atom. The van der Waals surface area contributed by atoms with Crippen molar-refractivity contribution in [3.63, 3.8) is 0 Å². The second-order valence-corrected chi connectivity index (χ2v) is 6.91. The van der Waals surface area contributed by atoms with Gasteiger partial charge in [-0.05, 0) is 18.9 Å². The molecule has 0 bridgehead atoms. The number of alkyl halides is 1. The van der Waals surface area contributed by atoms with E-state index in [-0.39, 0.29) is 5.91 Å². The Morgan fingerprint density at radius 3 is 2.76 bits per heavy atom. The van der Waals surface area contributed by atoms with E-state index in [0.29, 0.717) is 18.5 Å². The summed E-state index contributed by atoms with van der Waals surface area (Å²) in [5.41, 5.74) is 0.839. The maximum Gasteiger partial charge on any atom is 0.255 e. The lowest BCUT2D eigenvalue weighted by Gasteiger charge is -2.34. The highest BCUT2D eigenvalue weighted by molar-refractivity contribution is 7.17. The van der Waals surface area contributed by atoms with Gasteiger partial charge in [-0.15, -0.1) is 22.9 Å². The third-order valence-electron chi connectivity index (χ3n) is 4.31. The molecule has 1 aliphatic rings. The van der Waals surface area contributed by atoms with E-state index in [1.54, 1.807) is 11.3 Å². The lowest BCUT2D eigenvalue weighted by molar-refractivity contribution is 0.0652. The van der Waals surface area contributed by atoms with Crippen molar-refractivity contribution in [3.8, 4) is 0 Å². The van der Waals surface area contributed by atoms with Gasteiger partial charge in [0.1, 0.15) is 0 Å². The molecule has 112 valence electrons. The third-order valence-corrected chi connectivity index (χ3v) is 5.45. The van der Waals surface area contributed by atoms with Crippen LogP contribution in [0.5, 0.6) is 0 Å². The highest BCUT2D eigenvalue weighted by Gasteiger charge is 2.27. The Balaban J connectivity index is 1.89. The van der Waals surface area contributed by atoms with E-state index >= 15 is 0 Å². The van der Waals surface area contributed by atoms with Gasteiger partial charge in [0.05, 0.1) is 5.56 Å². The molecule has 2 aromatic rings. The molecular weight excluding hydrogens is 302 g/mol. The fourth-order valence-electron chi connectivity index (χ4n) is 3.23. The average Bonchev–Trinajstić information content (AvgIpc) is 2.97. The van der Waals surface area contributed by atoms with E-state index in [0.717, 1.165) is 23.8 Å². The van der Waals surface area contributed by atoms with E-state index in [1.807, 2.05) is 28.5 Å². The molecule has 0 radical (unpaired) electrons. The van der Waals surface area contributed by atoms with E-state index < -0.39 is 0 Å². The molecule has 1 amide bonds. The first-order valence-corrected chi connectivity index (χ1v) is 9.06. The van der Waals surface area contributed by atoms with Crippen LogP contribution >= 0.6 is 22.9 Å². The summed E-state index contributed by atoms with van der Waals surface area (Å²) in [6.07, 6.45) is 5.97. The van der Waals surface area contributed by atoms with Crippen LogP contribution in [0, 0.1) is 0 Å². The first kappa shape index (κ1) is 14.9. The predicted molar refractivity (Wildman–Crippen MR) is 90.5 cm³/mol. The summed E-state index contributed by atoms with van der Waals surface area (Å²) in [6, 6.07) is 8.49. The monoisotopic (exact) mass is 321 g/mol. The van der Waals surface area contributed by atoms with Crippen molar-refractivity contribution in [3.05, 3.63) is 35.2 Å². The van der Waals surface area contributed by atoms with Gasteiger partial charge in [0.2, 0.25) is 0 Å². The molecular formula is C17H20ClNOS. The minimum Gasteiger partial charge on any atom is -0.334 e. The van der Waals surface area contributed by atoms with Crippen molar-refractivity contribution < 1.29 is 4.79 Å². The zero-order valence-electron chi connectivity index (χ0n) is 12.1. The summed E-state index contributed by atoms with van der Waals surface area (Å²) in [4.78, 5) is 15.0. The number of fused-ring (bicyclic) bond motifs is 1. The van der Waals surface area contributed by atoms with Gasteiger partial charge >= 0.3 is 0 Å². The van der Waals surface area contributed by atoms with E-state index in [4.69, 9.17) is 11.6 Å². The summed E-state index contributed by atoms with van der Waals surface area (Å²) >= 11 is 7.59. The molecule has 1 heterocycles. The van der Waals surface area contributed by atoms with E-state index in [9.17, 15) is 4.79 Å². The number of carbonyl (C=O) groups excluding carboxylic acids is 1. The van der Waals surface area contributed by atoms with Crippen molar-refractivity contribution in [2.45, 2.75) is 38.1 Å². The minimum atomic E-state index is 0.153. The Kier molecular flexibility index (Phi) is 4.81. The highest BCUT2D eigenvalue weighted by atomic mass is 35.5. The molecule has 1 aromatic heterocycles. The van der Waals surface area contributed by atoms with Crippen molar-refractivity contribution in [1.29, 1.82) is 0 Å². The average molecular weight is 322 g/mol. The molecule has 21 heavy (non-hydrogen) atoms. The molecule has 3 rings (SSSR count). The van der Waals surface area contributed by atoms with E-state index in [1.165, 1.54) is 24.0 Å². The van der Waals surface area contributed by atoms with Crippen molar-refractivity contribution in [2.24, 2.45) is 0 Å². The van der Waals surface area contributed by atoms with Gasteiger partial charge in [-0.1, -0.05) is 37.5 Å². The zero-order chi connectivity index (χ0) is 14.7. The molecule has 0 atom stereocenters. The van der Waals surface area contributed by atoms with Gasteiger partial charge in [0.15, 0.2) is 0 Å². The molecule has 1 saturated carbocycles. The largest absolute Gasteiger partial charge is 0.334 e. The van der Waals surface area contributed by atoms with Gasteiger partial charge in [-0.2, -0.15) is 0 Å². The van der Waals surface area contributed by atoms with Gasteiger partial charge in [-0.25, -0.2) is 0 Å². The molecule has 2 nitrogen and oxygen atoms in total. The molecule has 0 unspecified atom stereocenters. The highest BCUT2D eigenvalue weighted by Crippen LogP contribution is 2.29. The van der Waals surface area contributed by atoms with Crippen LogP contribution in [0.4, 0.5) is 0 Å². The summed E-state index contributed by atoms with van der Waals surface area (Å²) in [7, 11) is 0. The van der Waals surface area contributed by atoms with Crippen LogP contribution in [0.2, 0.25) is 0 Å². The van der Waals surface area contributed by atoms with Crippen molar-refractivity contribution >= 4 is 38.9 Å². The number of benzene rings is 1. The summed E-state index contributed by atoms with van der Waals surface area (Å²) in [5.74, 6) is 0.657. The molecule has 0 aliphatic heterocycles. The first-order chi connectivity index (χ1) is 10.3. The molecule has 1 aromatic carbocycles. The maximum atomic E-state index is 13.0. The van der Waals surface area contributed by atoms with Crippen molar-refractivity contribution in [1.82, 2.24) is 4.90 Å². The van der Waals surface area contributed by atoms with Gasteiger partial charge in [0.25, 0.3) is 5.91 Å². The molecule has 0 spiro atoms. The number of amides is 1.